The number of benzene rings is 1. The fraction of sp³-hybridized carbons (Fsp3) is 0.529. The van der Waals surface area contributed by atoms with Crippen molar-refractivity contribution in [2.24, 2.45) is 0 Å². The maximum atomic E-state index is 5.70. The van der Waals surface area contributed by atoms with Gasteiger partial charge in [0.05, 0.1) is 0 Å². The van der Waals surface area contributed by atoms with Crippen molar-refractivity contribution in [1.29, 1.82) is 0 Å². The fourth-order valence-electron chi connectivity index (χ4n) is 2.12. The van der Waals surface area contributed by atoms with E-state index in [0.29, 0.717) is 17.8 Å². The van der Waals surface area contributed by atoms with Gasteiger partial charge in [-0.15, -0.1) is 6.42 Å². The van der Waals surface area contributed by atoms with E-state index in [0.717, 1.165) is 5.56 Å². The number of hydrogen-bond donors (Lipinski definition) is 0. The number of hydrogen-bond acceptors (Lipinski definition) is 0. The van der Waals surface area contributed by atoms with Crippen molar-refractivity contribution in [2.45, 2.75) is 59.3 Å². The SMILES string of the molecule is C#Cc1c(C(C)C)cc(C(C)C)cc1C(C)C. The van der Waals surface area contributed by atoms with E-state index in [2.05, 4.69) is 59.6 Å². The molecule has 0 bridgehead atoms. The van der Waals surface area contributed by atoms with Crippen molar-refractivity contribution in [1.82, 2.24) is 0 Å². The number of terminal acetylenes is 1. The zero-order valence-electron chi connectivity index (χ0n) is 12.0. The largest absolute Gasteiger partial charge is 0.115 e. The van der Waals surface area contributed by atoms with Crippen LogP contribution in [0.2, 0.25) is 0 Å². The Labute approximate surface area is 106 Å². The summed E-state index contributed by atoms with van der Waals surface area (Å²) in [5.41, 5.74) is 5.15. The summed E-state index contributed by atoms with van der Waals surface area (Å²) in [5.74, 6) is 4.41. The fourth-order valence-corrected chi connectivity index (χ4v) is 2.12. The van der Waals surface area contributed by atoms with Gasteiger partial charge in [0.25, 0.3) is 0 Å². The van der Waals surface area contributed by atoms with Crippen LogP contribution in [0.1, 0.15) is 81.5 Å². The summed E-state index contributed by atoms with van der Waals surface area (Å²) < 4.78 is 0. The van der Waals surface area contributed by atoms with Gasteiger partial charge >= 0.3 is 0 Å². The first-order chi connectivity index (χ1) is 7.88. The molecule has 17 heavy (non-hydrogen) atoms. The molecule has 92 valence electrons. The van der Waals surface area contributed by atoms with Gasteiger partial charge in [-0.1, -0.05) is 59.6 Å². The molecule has 1 aromatic rings. The van der Waals surface area contributed by atoms with Crippen molar-refractivity contribution in [3.05, 3.63) is 34.4 Å². The minimum absolute atomic E-state index is 0.484. The van der Waals surface area contributed by atoms with E-state index in [-0.39, 0.29) is 0 Å². The average molecular weight is 228 g/mol. The van der Waals surface area contributed by atoms with Crippen molar-refractivity contribution < 1.29 is 0 Å². The van der Waals surface area contributed by atoms with E-state index in [1.807, 2.05) is 0 Å². The van der Waals surface area contributed by atoms with E-state index in [9.17, 15) is 0 Å². The lowest BCUT2D eigenvalue weighted by molar-refractivity contribution is 0.800. The van der Waals surface area contributed by atoms with E-state index < -0.39 is 0 Å². The second-order valence-electron chi connectivity index (χ2n) is 5.68. The molecule has 0 nitrogen and oxygen atoms in total. The topological polar surface area (TPSA) is 0 Å². The van der Waals surface area contributed by atoms with Crippen LogP contribution in [-0.4, -0.2) is 0 Å². The van der Waals surface area contributed by atoms with Crippen molar-refractivity contribution >= 4 is 0 Å². The lowest BCUT2D eigenvalue weighted by Crippen LogP contribution is -2.03. The maximum Gasteiger partial charge on any atom is 0.0312 e. The van der Waals surface area contributed by atoms with Gasteiger partial charge in [-0.2, -0.15) is 0 Å². The summed E-state index contributed by atoms with van der Waals surface area (Å²) in [7, 11) is 0. The third-order valence-electron chi connectivity index (χ3n) is 3.28. The summed E-state index contributed by atoms with van der Waals surface area (Å²) in [4.78, 5) is 0. The Hall–Kier alpha value is -1.22. The van der Waals surface area contributed by atoms with Crippen molar-refractivity contribution in [3.63, 3.8) is 0 Å². The molecule has 0 aliphatic heterocycles. The highest BCUT2D eigenvalue weighted by atomic mass is 14.2. The monoisotopic (exact) mass is 228 g/mol. The summed E-state index contributed by atoms with van der Waals surface area (Å²) in [6, 6.07) is 4.58. The quantitative estimate of drug-likeness (QED) is 0.636. The maximum absolute atomic E-state index is 5.70. The predicted molar refractivity (Wildman–Crippen MR) is 76.6 cm³/mol. The zero-order valence-corrected chi connectivity index (χ0v) is 12.0. The van der Waals surface area contributed by atoms with Crippen LogP contribution in [0.4, 0.5) is 0 Å². The average Bonchev–Trinajstić information content (AvgIpc) is 2.26. The van der Waals surface area contributed by atoms with E-state index in [1.54, 1.807) is 0 Å². The van der Waals surface area contributed by atoms with E-state index in [1.165, 1.54) is 16.7 Å². The van der Waals surface area contributed by atoms with Crippen LogP contribution >= 0.6 is 0 Å². The van der Waals surface area contributed by atoms with Gasteiger partial charge in [-0.3, -0.25) is 0 Å². The zero-order chi connectivity index (χ0) is 13.2. The van der Waals surface area contributed by atoms with E-state index in [4.69, 9.17) is 6.42 Å². The van der Waals surface area contributed by atoms with Crippen LogP contribution in [0.25, 0.3) is 0 Å². The molecule has 0 spiro atoms. The highest BCUT2D eigenvalue weighted by Crippen LogP contribution is 2.31. The lowest BCUT2D eigenvalue weighted by Gasteiger charge is -2.19. The van der Waals surface area contributed by atoms with Gasteiger partial charge in [0.1, 0.15) is 0 Å². The van der Waals surface area contributed by atoms with Gasteiger partial charge in [-0.05, 0) is 34.4 Å². The first kappa shape index (κ1) is 13.8. The molecular formula is C17H24. The molecule has 1 aromatic carbocycles. The predicted octanol–water partition coefficient (Wildman–Crippen LogP) is 5.04. The van der Waals surface area contributed by atoms with Gasteiger partial charge in [0.15, 0.2) is 0 Å². The molecule has 0 N–H and O–H groups in total. The molecule has 0 saturated carbocycles. The summed E-state index contributed by atoms with van der Waals surface area (Å²) in [5, 5.41) is 0. The van der Waals surface area contributed by atoms with Crippen molar-refractivity contribution in [3.8, 4) is 12.3 Å². The van der Waals surface area contributed by atoms with E-state index >= 15 is 0 Å². The second-order valence-corrected chi connectivity index (χ2v) is 5.68. The molecule has 0 amide bonds. The van der Waals surface area contributed by atoms with Crippen molar-refractivity contribution in [2.75, 3.05) is 0 Å². The van der Waals surface area contributed by atoms with Crippen LogP contribution < -0.4 is 0 Å². The molecule has 0 aliphatic rings. The number of rotatable bonds is 3. The van der Waals surface area contributed by atoms with Gasteiger partial charge < -0.3 is 0 Å². The minimum Gasteiger partial charge on any atom is -0.115 e. The standard InChI is InChI=1S/C17H24/c1-8-15-16(12(4)5)9-14(11(2)3)10-17(15)13(6)7/h1,9-13H,2-7H3. The van der Waals surface area contributed by atoms with Crippen LogP contribution in [0, 0.1) is 12.3 Å². The van der Waals surface area contributed by atoms with Gasteiger partial charge in [-0.25, -0.2) is 0 Å². The highest BCUT2D eigenvalue weighted by Gasteiger charge is 2.15. The van der Waals surface area contributed by atoms with Gasteiger partial charge in [0.2, 0.25) is 0 Å². The molecule has 1 rings (SSSR count). The third kappa shape index (κ3) is 2.91. The molecular weight excluding hydrogens is 204 g/mol. The smallest absolute Gasteiger partial charge is 0.0312 e. The molecule has 0 saturated heterocycles. The second kappa shape index (κ2) is 5.41. The summed E-state index contributed by atoms with van der Waals surface area (Å²) in [6.07, 6.45) is 5.70. The first-order valence-corrected chi connectivity index (χ1v) is 6.52. The van der Waals surface area contributed by atoms with Gasteiger partial charge in [0, 0.05) is 5.56 Å². The minimum atomic E-state index is 0.484. The Morgan fingerprint density at radius 3 is 1.47 bits per heavy atom. The Kier molecular flexibility index (Phi) is 4.40. The van der Waals surface area contributed by atoms with Crippen LogP contribution in [-0.2, 0) is 0 Å². The molecule has 0 radical (unpaired) electrons. The molecule has 0 atom stereocenters. The highest BCUT2D eigenvalue weighted by molar-refractivity contribution is 5.51. The van der Waals surface area contributed by atoms with Crippen LogP contribution in [0.3, 0.4) is 0 Å². The van der Waals surface area contributed by atoms with Crippen LogP contribution in [0.15, 0.2) is 12.1 Å². The Balaban J connectivity index is 3.53. The molecule has 0 heterocycles. The summed E-state index contributed by atoms with van der Waals surface area (Å²) >= 11 is 0. The summed E-state index contributed by atoms with van der Waals surface area (Å²) in [6.45, 7) is 13.3. The molecule has 0 heteroatoms. The third-order valence-corrected chi connectivity index (χ3v) is 3.28. The Morgan fingerprint density at radius 2 is 1.24 bits per heavy atom. The molecule has 0 aromatic heterocycles. The Morgan fingerprint density at radius 1 is 0.824 bits per heavy atom. The van der Waals surface area contributed by atoms with Crippen LogP contribution in [0.5, 0.6) is 0 Å². The first-order valence-electron chi connectivity index (χ1n) is 6.52. The lowest BCUT2D eigenvalue weighted by atomic mass is 9.85. The molecule has 0 aliphatic carbocycles. The normalized spacial score (nSPS) is 11.3. The molecule has 0 unspecified atom stereocenters. The molecule has 0 fully saturated rings. The Bertz CT molecular complexity index is 399.